The number of benzene rings is 3. The van der Waals surface area contributed by atoms with Crippen LogP contribution >= 0.6 is 23.2 Å². The van der Waals surface area contributed by atoms with Crippen molar-refractivity contribution in [2.75, 3.05) is 11.9 Å². The Morgan fingerprint density at radius 2 is 1.75 bits per heavy atom. The Morgan fingerprint density at radius 3 is 2.42 bits per heavy atom. The van der Waals surface area contributed by atoms with Crippen LogP contribution in [0.1, 0.15) is 60.2 Å². The molecule has 8 nitrogen and oxygen atoms in total. The molecule has 0 bridgehead atoms. The minimum Gasteiger partial charge on any atom is -0.478 e. The highest BCUT2D eigenvalue weighted by Gasteiger charge is 2.60. The van der Waals surface area contributed by atoms with Crippen LogP contribution in [0, 0.1) is 17.0 Å². The fraction of sp³-hybridized carbons (Fsp3) is 0.306. The second-order valence-corrected chi connectivity index (χ2v) is 14.1. The van der Waals surface area contributed by atoms with Crippen molar-refractivity contribution in [1.29, 1.82) is 0 Å². The zero-order valence-electron chi connectivity index (χ0n) is 26.5. The highest BCUT2D eigenvalue weighted by atomic mass is 35.5. The predicted octanol–water partition coefficient (Wildman–Crippen LogP) is 6.88. The maximum Gasteiger partial charge on any atom is 0.335 e. The minimum absolute atomic E-state index is 0.0374. The highest BCUT2D eigenvalue weighted by molar-refractivity contribution is 6.31. The van der Waals surface area contributed by atoms with Gasteiger partial charge in [0.25, 0.3) is 0 Å². The van der Waals surface area contributed by atoms with Crippen LogP contribution in [0.5, 0.6) is 0 Å². The third-order valence-corrected chi connectivity index (χ3v) is 9.24. The van der Waals surface area contributed by atoms with E-state index in [9.17, 15) is 19.5 Å². The molecule has 4 aromatic rings. The lowest BCUT2D eigenvalue weighted by atomic mass is 9.61. The lowest BCUT2D eigenvalue weighted by Crippen LogP contribution is -2.51. The Hall–Kier alpha value is -4.09. The molecule has 1 amide bonds. The Labute approximate surface area is 286 Å². The molecule has 12 heteroatoms. The summed E-state index contributed by atoms with van der Waals surface area (Å²) in [6.45, 7) is 6.29. The van der Waals surface area contributed by atoms with Gasteiger partial charge in [-0.25, -0.2) is 13.6 Å². The number of hydrogen-bond donors (Lipinski definition) is 5. The number of carbonyl (C=O) groups excluding carboxylic acids is 1. The third-order valence-electron chi connectivity index (χ3n) is 8.71. The standard InChI is InChI=1S/C36H36Cl2F2N4O4/c1-35(2,3)16-28-36(25-12-10-22(37)15-27(25)39,19-41-17-20-6-4-7-21(14-20)34(47)48)30(24-8-5-9-26(38)31(24)40)32(44-28)33(46)43-23-11-13-29(45)42-18-23/h4-15,18,28,30,32,41,44H,16-17,19H2,1-3H3,(H,42,45)(H,43,46)(H,47,48)/t28-,30-,32+,36-/m0/s1. The molecule has 0 unspecified atom stereocenters. The Morgan fingerprint density at radius 1 is 1.00 bits per heavy atom. The summed E-state index contributed by atoms with van der Waals surface area (Å²) in [5.41, 5.74) is -0.620. The second-order valence-electron chi connectivity index (χ2n) is 13.3. The first-order valence-electron chi connectivity index (χ1n) is 15.4. The molecule has 2 heterocycles. The smallest absolute Gasteiger partial charge is 0.335 e. The molecule has 0 saturated carbocycles. The summed E-state index contributed by atoms with van der Waals surface area (Å²) in [7, 11) is 0. The number of aromatic amines is 1. The number of halogens is 4. The summed E-state index contributed by atoms with van der Waals surface area (Å²) in [4.78, 5) is 40.1. The van der Waals surface area contributed by atoms with Gasteiger partial charge in [-0.2, -0.15) is 0 Å². The monoisotopic (exact) mass is 696 g/mol. The van der Waals surface area contributed by atoms with Crippen LogP contribution in [0.15, 0.2) is 83.8 Å². The largest absolute Gasteiger partial charge is 0.478 e. The molecule has 1 aliphatic heterocycles. The molecule has 4 atom stereocenters. The number of carboxylic acid groups (broad SMARTS) is 1. The van der Waals surface area contributed by atoms with Gasteiger partial charge < -0.3 is 26.0 Å². The van der Waals surface area contributed by atoms with Crippen molar-refractivity contribution >= 4 is 40.8 Å². The van der Waals surface area contributed by atoms with Gasteiger partial charge in [-0.15, -0.1) is 0 Å². The van der Waals surface area contributed by atoms with E-state index in [0.29, 0.717) is 17.7 Å². The van der Waals surface area contributed by atoms with Crippen molar-refractivity contribution in [1.82, 2.24) is 15.6 Å². The zero-order valence-corrected chi connectivity index (χ0v) is 28.1. The molecular formula is C36H36Cl2F2N4O4. The number of carbonyl (C=O) groups is 2. The van der Waals surface area contributed by atoms with E-state index in [1.807, 2.05) is 20.8 Å². The number of amides is 1. The van der Waals surface area contributed by atoms with Crippen LogP contribution in [0.4, 0.5) is 14.5 Å². The summed E-state index contributed by atoms with van der Waals surface area (Å²) in [5.74, 6) is -4.01. The number of rotatable bonds is 10. The van der Waals surface area contributed by atoms with Gasteiger partial charge in [0.05, 0.1) is 22.3 Å². The first-order valence-corrected chi connectivity index (χ1v) is 16.1. The summed E-state index contributed by atoms with van der Waals surface area (Å²) in [6, 6.07) is 16.3. The van der Waals surface area contributed by atoms with E-state index < -0.39 is 46.9 Å². The van der Waals surface area contributed by atoms with E-state index in [0.717, 1.165) is 0 Å². The van der Waals surface area contributed by atoms with Crippen LogP contribution in [0.2, 0.25) is 10.0 Å². The van der Waals surface area contributed by atoms with E-state index in [1.54, 1.807) is 42.5 Å². The summed E-state index contributed by atoms with van der Waals surface area (Å²) in [5, 5.41) is 19.2. The molecule has 5 N–H and O–H groups in total. The van der Waals surface area contributed by atoms with E-state index in [1.165, 1.54) is 36.5 Å². The van der Waals surface area contributed by atoms with Gasteiger partial charge in [0.15, 0.2) is 0 Å². The van der Waals surface area contributed by atoms with Crippen molar-refractivity contribution in [2.24, 2.45) is 5.41 Å². The molecule has 3 aromatic carbocycles. The average Bonchev–Trinajstić information content (AvgIpc) is 3.32. The molecule has 0 radical (unpaired) electrons. The van der Waals surface area contributed by atoms with E-state index in [-0.39, 0.29) is 50.8 Å². The van der Waals surface area contributed by atoms with Gasteiger partial charge in [0.1, 0.15) is 11.6 Å². The number of nitrogens with one attached hydrogen (secondary N) is 4. The Bertz CT molecular complexity index is 1880. The lowest BCUT2D eigenvalue weighted by molar-refractivity contribution is -0.118. The molecule has 48 heavy (non-hydrogen) atoms. The van der Waals surface area contributed by atoms with Crippen molar-refractivity contribution in [3.63, 3.8) is 0 Å². The summed E-state index contributed by atoms with van der Waals surface area (Å²) in [6.07, 6.45) is 1.79. The number of anilines is 1. The summed E-state index contributed by atoms with van der Waals surface area (Å²) >= 11 is 12.6. The number of aromatic carboxylic acids is 1. The third kappa shape index (κ3) is 7.47. The topological polar surface area (TPSA) is 123 Å². The average molecular weight is 698 g/mol. The molecule has 1 fully saturated rings. The first-order chi connectivity index (χ1) is 22.7. The lowest BCUT2D eigenvalue weighted by Gasteiger charge is -2.43. The maximum atomic E-state index is 16.4. The van der Waals surface area contributed by atoms with E-state index in [4.69, 9.17) is 23.2 Å². The first kappa shape index (κ1) is 35.2. The maximum absolute atomic E-state index is 16.4. The van der Waals surface area contributed by atoms with E-state index in [2.05, 4.69) is 20.9 Å². The van der Waals surface area contributed by atoms with Gasteiger partial charge in [-0.05, 0) is 64.9 Å². The fourth-order valence-electron chi connectivity index (χ4n) is 6.76. The van der Waals surface area contributed by atoms with Crippen LogP contribution in [0.25, 0.3) is 0 Å². The van der Waals surface area contributed by atoms with Crippen LogP contribution in [-0.2, 0) is 16.8 Å². The van der Waals surface area contributed by atoms with Gasteiger partial charge in [0, 0.05) is 47.8 Å². The van der Waals surface area contributed by atoms with Gasteiger partial charge in [-0.3, -0.25) is 9.59 Å². The molecule has 0 spiro atoms. The van der Waals surface area contributed by atoms with Crippen molar-refractivity contribution in [3.05, 3.63) is 133 Å². The predicted molar refractivity (Wildman–Crippen MR) is 183 cm³/mol. The van der Waals surface area contributed by atoms with Gasteiger partial charge in [0.2, 0.25) is 11.5 Å². The Kier molecular flexibility index (Phi) is 10.4. The van der Waals surface area contributed by atoms with Gasteiger partial charge >= 0.3 is 5.97 Å². The van der Waals surface area contributed by atoms with E-state index >= 15 is 8.78 Å². The molecule has 0 aliphatic carbocycles. The summed E-state index contributed by atoms with van der Waals surface area (Å²) < 4.78 is 32.6. The SMILES string of the molecule is CC(C)(C)C[C@@H]1N[C@@H](C(=O)Nc2ccc(=O)[nH]c2)[C@H](c2cccc(Cl)c2F)[C@@]1(CNCc1cccc(C(=O)O)c1)c1ccc(Cl)cc1F. The number of hydrogen-bond acceptors (Lipinski definition) is 5. The van der Waals surface area contributed by atoms with Gasteiger partial charge in [-0.1, -0.05) is 74.3 Å². The minimum atomic E-state index is -1.33. The number of aromatic nitrogens is 1. The molecule has 252 valence electrons. The van der Waals surface area contributed by atoms with Crippen LogP contribution < -0.4 is 21.5 Å². The molecule has 1 aromatic heterocycles. The molecule has 1 saturated heterocycles. The number of carboxylic acids is 1. The normalized spacial score (nSPS) is 20.9. The fourth-order valence-corrected chi connectivity index (χ4v) is 7.10. The number of pyridine rings is 1. The van der Waals surface area contributed by atoms with Crippen molar-refractivity contribution < 1.29 is 23.5 Å². The second kappa shape index (κ2) is 14.2. The van der Waals surface area contributed by atoms with Crippen LogP contribution in [-0.4, -0.2) is 40.6 Å². The van der Waals surface area contributed by atoms with Crippen molar-refractivity contribution in [2.45, 2.75) is 57.2 Å². The molecular weight excluding hydrogens is 661 g/mol. The van der Waals surface area contributed by atoms with Crippen LogP contribution in [0.3, 0.4) is 0 Å². The quantitative estimate of drug-likeness (QED) is 0.123. The molecule has 1 aliphatic rings. The van der Waals surface area contributed by atoms with Crippen molar-refractivity contribution in [3.8, 4) is 0 Å². The zero-order chi connectivity index (χ0) is 34.8. The number of H-pyrrole nitrogens is 1. The molecule has 5 rings (SSSR count). The Balaban J connectivity index is 1.71. The highest BCUT2D eigenvalue weighted by Crippen LogP contribution is 2.53.